The van der Waals surface area contributed by atoms with E-state index in [2.05, 4.69) is 27.1 Å². The lowest BCUT2D eigenvalue weighted by atomic mass is 10.2. The first-order valence-electron chi connectivity index (χ1n) is 6.92. The van der Waals surface area contributed by atoms with Crippen LogP contribution < -0.4 is 0 Å². The number of ether oxygens (including phenoxy) is 1. The number of aromatic nitrogens is 3. The molecular weight excluding hydrogens is 270 g/mol. The molecule has 5 heteroatoms. The smallest absolute Gasteiger partial charge is 0.162 e. The van der Waals surface area contributed by atoms with E-state index >= 15 is 0 Å². The van der Waals surface area contributed by atoms with Gasteiger partial charge in [-0.3, -0.25) is 4.57 Å². The third-order valence-electron chi connectivity index (χ3n) is 3.63. The molecular formula is C15H15N3OS. The molecule has 0 saturated carbocycles. The van der Waals surface area contributed by atoms with Crippen molar-refractivity contribution in [3.63, 3.8) is 0 Å². The molecule has 4 nitrogen and oxygen atoms in total. The fourth-order valence-corrected chi connectivity index (χ4v) is 3.42. The molecule has 1 atom stereocenters. The van der Waals surface area contributed by atoms with E-state index < -0.39 is 0 Å². The van der Waals surface area contributed by atoms with Crippen LogP contribution in [0.5, 0.6) is 0 Å². The molecule has 3 aromatic rings. The molecule has 1 saturated heterocycles. The molecule has 20 heavy (non-hydrogen) atoms. The van der Waals surface area contributed by atoms with Gasteiger partial charge >= 0.3 is 0 Å². The van der Waals surface area contributed by atoms with Crippen LogP contribution in [0.3, 0.4) is 0 Å². The van der Waals surface area contributed by atoms with Crippen LogP contribution in [0.1, 0.15) is 25.5 Å². The van der Waals surface area contributed by atoms with Crippen LogP contribution in [0, 0.1) is 0 Å². The second kappa shape index (κ2) is 5.00. The molecule has 0 aromatic carbocycles. The predicted octanol–water partition coefficient (Wildman–Crippen LogP) is 3.86. The molecule has 102 valence electrons. The highest BCUT2D eigenvalue weighted by Crippen LogP contribution is 2.33. The maximum Gasteiger partial charge on any atom is 0.162 e. The van der Waals surface area contributed by atoms with Crippen molar-refractivity contribution in [2.75, 3.05) is 6.61 Å². The quantitative estimate of drug-likeness (QED) is 0.718. The molecule has 1 unspecified atom stereocenters. The Morgan fingerprint density at radius 1 is 1.25 bits per heavy atom. The molecule has 4 heterocycles. The topological polar surface area (TPSA) is 39.9 Å². The van der Waals surface area contributed by atoms with Gasteiger partial charge in [0.15, 0.2) is 11.5 Å². The van der Waals surface area contributed by atoms with Gasteiger partial charge in [0.1, 0.15) is 11.7 Å². The lowest BCUT2D eigenvalue weighted by molar-refractivity contribution is -0.0287. The average Bonchev–Trinajstić information content (AvgIpc) is 3.15. The Morgan fingerprint density at radius 3 is 3.05 bits per heavy atom. The van der Waals surface area contributed by atoms with Crippen molar-refractivity contribution in [3.8, 4) is 10.7 Å². The van der Waals surface area contributed by atoms with E-state index in [1.54, 1.807) is 11.3 Å². The Kier molecular flexibility index (Phi) is 3.01. The highest BCUT2D eigenvalue weighted by Gasteiger charge is 2.23. The number of imidazole rings is 1. The minimum atomic E-state index is 0.0562. The number of rotatable bonds is 2. The summed E-state index contributed by atoms with van der Waals surface area (Å²) < 4.78 is 8.12. The summed E-state index contributed by atoms with van der Waals surface area (Å²) in [5.41, 5.74) is 1.85. The maximum absolute atomic E-state index is 5.96. The monoisotopic (exact) mass is 285 g/mol. The van der Waals surface area contributed by atoms with Gasteiger partial charge in [0.05, 0.1) is 4.88 Å². The highest BCUT2D eigenvalue weighted by atomic mass is 32.1. The van der Waals surface area contributed by atoms with E-state index in [9.17, 15) is 0 Å². The summed E-state index contributed by atoms with van der Waals surface area (Å²) in [5.74, 6) is 0.973. The molecule has 3 aromatic heterocycles. The van der Waals surface area contributed by atoms with Crippen LogP contribution in [0.15, 0.2) is 35.8 Å². The van der Waals surface area contributed by atoms with E-state index in [-0.39, 0.29) is 6.23 Å². The lowest BCUT2D eigenvalue weighted by Gasteiger charge is -2.25. The van der Waals surface area contributed by atoms with Gasteiger partial charge < -0.3 is 4.74 Å². The maximum atomic E-state index is 5.96. The molecule has 0 radical (unpaired) electrons. The third kappa shape index (κ3) is 1.94. The Bertz CT molecular complexity index is 714. The number of thiophene rings is 1. The van der Waals surface area contributed by atoms with Crippen LogP contribution in [-0.4, -0.2) is 21.1 Å². The Labute approximate surface area is 121 Å². The van der Waals surface area contributed by atoms with Crippen molar-refractivity contribution in [2.24, 2.45) is 0 Å². The van der Waals surface area contributed by atoms with Crippen molar-refractivity contribution >= 4 is 22.5 Å². The zero-order chi connectivity index (χ0) is 13.4. The lowest BCUT2D eigenvalue weighted by Crippen LogP contribution is -2.19. The normalized spacial score (nSPS) is 19.5. The van der Waals surface area contributed by atoms with Crippen LogP contribution in [-0.2, 0) is 4.74 Å². The summed E-state index contributed by atoms with van der Waals surface area (Å²) in [6.45, 7) is 0.820. The minimum Gasteiger partial charge on any atom is -0.358 e. The standard InChI is InChI=1S/C15H15N3OS/c1-2-9-19-13(7-1)18-14-11(5-3-8-16-14)17-15(18)12-6-4-10-20-12/h3-6,8,10,13H,1-2,7,9H2. The molecule has 0 spiro atoms. The number of hydrogen-bond donors (Lipinski definition) is 0. The largest absolute Gasteiger partial charge is 0.358 e. The van der Waals surface area contributed by atoms with Crippen molar-refractivity contribution in [1.82, 2.24) is 14.5 Å². The van der Waals surface area contributed by atoms with Crippen LogP contribution in [0.25, 0.3) is 21.9 Å². The summed E-state index contributed by atoms with van der Waals surface area (Å²) in [6, 6.07) is 8.10. The van der Waals surface area contributed by atoms with Crippen LogP contribution >= 0.6 is 11.3 Å². The zero-order valence-corrected chi connectivity index (χ0v) is 11.8. The SMILES string of the molecule is c1csc(-c2nc3cccnc3n2C2CCCCO2)c1. The van der Waals surface area contributed by atoms with E-state index in [0.717, 1.165) is 41.3 Å². The van der Waals surface area contributed by atoms with E-state index in [0.29, 0.717) is 0 Å². The minimum absolute atomic E-state index is 0.0562. The molecule has 1 fully saturated rings. The van der Waals surface area contributed by atoms with Gasteiger partial charge in [-0.15, -0.1) is 11.3 Å². The van der Waals surface area contributed by atoms with Crippen LogP contribution in [0.2, 0.25) is 0 Å². The Hall–Kier alpha value is -1.72. The van der Waals surface area contributed by atoms with E-state index in [1.165, 1.54) is 6.42 Å². The number of nitrogens with zero attached hydrogens (tertiary/aromatic N) is 3. The number of fused-ring (bicyclic) bond motifs is 1. The molecule has 0 aliphatic carbocycles. The van der Waals surface area contributed by atoms with E-state index in [4.69, 9.17) is 9.72 Å². The summed E-state index contributed by atoms with van der Waals surface area (Å²) >= 11 is 1.70. The highest BCUT2D eigenvalue weighted by molar-refractivity contribution is 7.13. The van der Waals surface area contributed by atoms with Gasteiger partial charge in [0, 0.05) is 12.8 Å². The Morgan fingerprint density at radius 2 is 2.25 bits per heavy atom. The van der Waals surface area contributed by atoms with Crippen molar-refractivity contribution in [3.05, 3.63) is 35.8 Å². The zero-order valence-electron chi connectivity index (χ0n) is 11.0. The summed E-state index contributed by atoms with van der Waals surface area (Å²) in [7, 11) is 0. The second-order valence-corrected chi connectivity index (χ2v) is 5.90. The van der Waals surface area contributed by atoms with Gasteiger partial charge in [-0.1, -0.05) is 6.07 Å². The molecule has 4 rings (SSSR count). The van der Waals surface area contributed by atoms with Gasteiger partial charge in [0.2, 0.25) is 0 Å². The average molecular weight is 285 g/mol. The first-order valence-corrected chi connectivity index (χ1v) is 7.80. The van der Waals surface area contributed by atoms with E-state index in [1.807, 2.05) is 18.3 Å². The van der Waals surface area contributed by atoms with Crippen molar-refractivity contribution in [2.45, 2.75) is 25.5 Å². The van der Waals surface area contributed by atoms with Crippen LogP contribution in [0.4, 0.5) is 0 Å². The number of pyridine rings is 1. The first kappa shape index (κ1) is 12.1. The van der Waals surface area contributed by atoms with Crippen molar-refractivity contribution in [1.29, 1.82) is 0 Å². The van der Waals surface area contributed by atoms with Gasteiger partial charge in [0.25, 0.3) is 0 Å². The second-order valence-electron chi connectivity index (χ2n) is 4.95. The predicted molar refractivity (Wildman–Crippen MR) is 79.7 cm³/mol. The molecule has 1 aliphatic heterocycles. The number of hydrogen-bond acceptors (Lipinski definition) is 4. The van der Waals surface area contributed by atoms with Gasteiger partial charge in [-0.2, -0.15) is 0 Å². The molecule has 0 N–H and O–H groups in total. The summed E-state index contributed by atoms with van der Waals surface area (Å²) in [4.78, 5) is 10.4. The Balaban J connectivity index is 1.93. The first-order chi connectivity index (χ1) is 9.93. The fourth-order valence-electron chi connectivity index (χ4n) is 2.71. The van der Waals surface area contributed by atoms with Gasteiger partial charge in [-0.25, -0.2) is 9.97 Å². The molecule has 0 bridgehead atoms. The van der Waals surface area contributed by atoms with Gasteiger partial charge in [-0.05, 0) is 42.8 Å². The molecule has 1 aliphatic rings. The van der Waals surface area contributed by atoms with Crippen molar-refractivity contribution < 1.29 is 4.74 Å². The molecule has 0 amide bonds. The summed E-state index contributed by atoms with van der Waals surface area (Å²) in [5, 5.41) is 2.08. The summed E-state index contributed by atoms with van der Waals surface area (Å²) in [6.07, 6.45) is 5.24. The third-order valence-corrected chi connectivity index (χ3v) is 4.50. The fraction of sp³-hybridized carbons (Fsp3) is 0.333.